The normalized spacial score (nSPS) is 16.0. The summed E-state index contributed by atoms with van der Waals surface area (Å²) in [6.07, 6.45) is 1.72. The molecular formula is C18H18F3NO2S. The molecule has 1 heterocycles. The SMILES string of the molecule is Oc1ccc(N2CCC(Oc3ccc(SC(F)(F)F)cc3)CC2)cc1. The lowest BCUT2D eigenvalue weighted by atomic mass is 10.1. The summed E-state index contributed by atoms with van der Waals surface area (Å²) in [5.74, 6) is 0.837. The zero-order valence-electron chi connectivity index (χ0n) is 13.4. The molecule has 0 radical (unpaired) electrons. The summed E-state index contributed by atoms with van der Waals surface area (Å²) in [5.41, 5.74) is -3.21. The number of phenolic OH excluding ortho intramolecular Hbond substituents is 1. The highest BCUT2D eigenvalue weighted by atomic mass is 32.2. The van der Waals surface area contributed by atoms with Crippen LogP contribution in [-0.2, 0) is 0 Å². The molecule has 2 aromatic rings. The van der Waals surface area contributed by atoms with Gasteiger partial charge in [0.2, 0.25) is 0 Å². The number of hydrogen-bond donors (Lipinski definition) is 1. The Morgan fingerprint density at radius 3 is 2.12 bits per heavy atom. The Bertz CT molecular complexity index is 681. The first-order valence-corrected chi connectivity index (χ1v) is 8.77. The molecule has 0 saturated carbocycles. The van der Waals surface area contributed by atoms with Crippen LogP contribution in [0.1, 0.15) is 12.8 Å². The summed E-state index contributed by atoms with van der Waals surface area (Å²) in [4.78, 5) is 2.38. The highest BCUT2D eigenvalue weighted by Crippen LogP contribution is 2.37. The van der Waals surface area contributed by atoms with E-state index in [1.54, 1.807) is 24.3 Å². The molecule has 1 saturated heterocycles. The molecule has 0 spiro atoms. The number of benzene rings is 2. The fourth-order valence-electron chi connectivity index (χ4n) is 2.81. The van der Waals surface area contributed by atoms with Crippen LogP contribution in [0.3, 0.4) is 0 Å². The quantitative estimate of drug-likeness (QED) is 0.765. The first-order valence-electron chi connectivity index (χ1n) is 7.95. The van der Waals surface area contributed by atoms with Crippen molar-refractivity contribution >= 4 is 17.4 Å². The van der Waals surface area contributed by atoms with Gasteiger partial charge in [-0.15, -0.1) is 0 Å². The number of aromatic hydroxyl groups is 1. The van der Waals surface area contributed by atoms with Crippen molar-refractivity contribution in [2.45, 2.75) is 29.3 Å². The van der Waals surface area contributed by atoms with Crippen molar-refractivity contribution in [1.82, 2.24) is 0 Å². The number of alkyl halides is 3. The molecule has 0 amide bonds. The molecule has 134 valence electrons. The third kappa shape index (κ3) is 5.22. The number of ether oxygens (including phenoxy) is 1. The largest absolute Gasteiger partial charge is 0.508 e. The molecular weight excluding hydrogens is 351 g/mol. The molecule has 0 bridgehead atoms. The zero-order chi connectivity index (χ0) is 17.9. The van der Waals surface area contributed by atoms with E-state index >= 15 is 0 Å². The van der Waals surface area contributed by atoms with Crippen LogP contribution < -0.4 is 9.64 Å². The Labute approximate surface area is 148 Å². The molecule has 1 aliphatic heterocycles. The van der Waals surface area contributed by atoms with Gasteiger partial charge in [0, 0.05) is 36.5 Å². The maximum absolute atomic E-state index is 12.3. The number of rotatable bonds is 4. The maximum Gasteiger partial charge on any atom is 0.446 e. The van der Waals surface area contributed by atoms with Crippen molar-refractivity contribution in [2.75, 3.05) is 18.0 Å². The predicted molar refractivity (Wildman–Crippen MR) is 92.3 cm³/mol. The lowest BCUT2D eigenvalue weighted by Crippen LogP contribution is -2.38. The van der Waals surface area contributed by atoms with E-state index in [-0.39, 0.29) is 28.5 Å². The number of thioether (sulfide) groups is 1. The third-order valence-corrected chi connectivity index (χ3v) is 4.76. The van der Waals surface area contributed by atoms with Crippen LogP contribution in [0.4, 0.5) is 18.9 Å². The summed E-state index contributed by atoms with van der Waals surface area (Å²) < 4.78 is 42.9. The first kappa shape index (κ1) is 17.8. The topological polar surface area (TPSA) is 32.7 Å². The predicted octanol–water partition coefficient (Wildman–Crippen LogP) is 5.05. The van der Waals surface area contributed by atoms with E-state index < -0.39 is 5.51 Å². The molecule has 3 nitrogen and oxygen atoms in total. The molecule has 0 unspecified atom stereocenters. The van der Waals surface area contributed by atoms with E-state index in [1.165, 1.54) is 12.1 Å². The number of nitrogens with zero attached hydrogens (tertiary/aromatic N) is 1. The van der Waals surface area contributed by atoms with E-state index in [1.807, 2.05) is 12.1 Å². The number of phenols is 1. The van der Waals surface area contributed by atoms with Gasteiger partial charge in [-0.25, -0.2) is 0 Å². The number of anilines is 1. The molecule has 0 aromatic heterocycles. The number of halogens is 3. The second-order valence-electron chi connectivity index (χ2n) is 5.84. The van der Waals surface area contributed by atoms with Crippen LogP contribution in [0, 0.1) is 0 Å². The van der Waals surface area contributed by atoms with Gasteiger partial charge in [-0.1, -0.05) is 0 Å². The van der Waals surface area contributed by atoms with E-state index in [2.05, 4.69) is 4.90 Å². The summed E-state index contributed by atoms with van der Waals surface area (Å²) >= 11 is -0.126. The molecule has 0 aliphatic carbocycles. The van der Waals surface area contributed by atoms with Crippen LogP contribution >= 0.6 is 11.8 Å². The minimum atomic E-state index is -4.27. The van der Waals surface area contributed by atoms with E-state index in [9.17, 15) is 18.3 Å². The average Bonchev–Trinajstić information content (AvgIpc) is 2.57. The van der Waals surface area contributed by atoms with Gasteiger partial charge in [0.15, 0.2) is 0 Å². The standard InChI is InChI=1S/C18H18F3NO2S/c19-18(20,21)25-17-7-5-15(6-8-17)24-16-9-11-22(12-10-16)13-1-3-14(23)4-2-13/h1-8,16,23H,9-12H2. The van der Waals surface area contributed by atoms with Gasteiger partial charge in [-0.05, 0) is 60.3 Å². The van der Waals surface area contributed by atoms with Crippen molar-refractivity contribution in [3.05, 3.63) is 48.5 Å². The molecule has 1 aliphatic rings. The van der Waals surface area contributed by atoms with Gasteiger partial charge in [-0.3, -0.25) is 0 Å². The lowest BCUT2D eigenvalue weighted by Gasteiger charge is -2.33. The molecule has 3 rings (SSSR count). The first-order chi connectivity index (χ1) is 11.9. The van der Waals surface area contributed by atoms with Gasteiger partial charge in [0.1, 0.15) is 17.6 Å². The van der Waals surface area contributed by atoms with Crippen LogP contribution in [0.2, 0.25) is 0 Å². The summed E-state index contributed by atoms with van der Waals surface area (Å²) in [6, 6.07) is 13.1. The van der Waals surface area contributed by atoms with Crippen LogP contribution in [0.5, 0.6) is 11.5 Å². The van der Waals surface area contributed by atoms with Gasteiger partial charge in [-0.2, -0.15) is 13.2 Å². The van der Waals surface area contributed by atoms with Gasteiger partial charge in [0.25, 0.3) is 0 Å². The van der Waals surface area contributed by atoms with Crippen LogP contribution in [0.25, 0.3) is 0 Å². The van der Waals surface area contributed by atoms with E-state index in [0.29, 0.717) is 5.75 Å². The minimum absolute atomic E-state index is 0.0504. The smallest absolute Gasteiger partial charge is 0.446 e. The molecule has 2 aromatic carbocycles. The fraction of sp³-hybridized carbons (Fsp3) is 0.333. The second-order valence-corrected chi connectivity index (χ2v) is 6.98. The maximum atomic E-state index is 12.3. The molecule has 7 heteroatoms. The van der Waals surface area contributed by atoms with E-state index in [0.717, 1.165) is 31.6 Å². The van der Waals surface area contributed by atoms with E-state index in [4.69, 9.17) is 4.74 Å². The average molecular weight is 369 g/mol. The molecule has 1 N–H and O–H groups in total. The third-order valence-electron chi connectivity index (χ3n) is 4.02. The van der Waals surface area contributed by atoms with Crippen molar-refractivity contribution in [3.8, 4) is 11.5 Å². The van der Waals surface area contributed by atoms with Gasteiger partial charge >= 0.3 is 5.51 Å². The lowest BCUT2D eigenvalue weighted by molar-refractivity contribution is -0.0328. The second kappa shape index (κ2) is 7.47. The van der Waals surface area contributed by atoms with Crippen molar-refractivity contribution in [1.29, 1.82) is 0 Å². The number of piperidine rings is 1. The van der Waals surface area contributed by atoms with Crippen molar-refractivity contribution in [3.63, 3.8) is 0 Å². The zero-order valence-corrected chi connectivity index (χ0v) is 14.2. The summed E-state index contributed by atoms with van der Waals surface area (Å²) in [7, 11) is 0. The van der Waals surface area contributed by atoms with Crippen LogP contribution in [-0.4, -0.2) is 29.8 Å². The molecule has 0 atom stereocenters. The summed E-state index contributed by atoms with van der Waals surface area (Å²) in [6.45, 7) is 1.66. The minimum Gasteiger partial charge on any atom is -0.508 e. The molecule has 1 fully saturated rings. The Kier molecular flexibility index (Phi) is 5.32. The summed E-state index contributed by atoms with van der Waals surface area (Å²) in [5, 5.41) is 9.34. The Balaban J connectivity index is 1.51. The monoisotopic (exact) mass is 369 g/mol. The fourth-order valence-corrected chi connectivity index (χ4v) is 3.35. The highest BCUT2D eigenvalue weighted by Gasteiger charge is 2.29. The van der Waals surface area contributed by atoms with Crippen molar-refractivity contribution < 1.29 is 23.0 Å². The Morgan fingerprint density at radius 1 is 0.960 bits per heavy atom. The van der Waals surface area contributed by atoms with Gasteiger partial charge in [0.05, 0.1) is 0 Å². The van der Waals surface area contributed by atoms with Gasteiger partial charge < -0.3 is 14.7 Å². The number of hydrogen-bond acceptors (Lipinski definition) is 4. The Hall–Kier alpha value is -2.02. The van der Waals surface area contributed by atoms with Crippen molar-refractivity contribution in [2.24, 2.45) is 0 Å². The Morgan fingerprint density at radius 2 is 1.56 bits per heavy atom. The molecule has 25 heavy (non-hydrogen) atoms. The highest BCUT2D eigenvalue weighted by molar-refractivity contribution is 8.00. The van der Waals surface area contributed by atoms with Crippen LogP contribution in [0.15, 0.2) is 53.4 Å².